The zero-order valence-corrected chi connectivity index (χ0v) is 34.5. The maximum atomic E-state index is 11.5. The minimum Gasteiger partial charge on any atom is -0.412 e. The average Bonchev–Trinajstić information content (AvgIpc) is 3.95. The van der Waals surface area contributed by atoms with Crippen molar-refractivity contribution in [3.63, 3.8) is 0 Å². The number of benzene rings is 4. The lowest BCUT2D eigenvalue weighted by Crippen LogP contribution is -2.23. The quantitative estimate of drug-likeness (QED) is 0.113. The first-order chi connectivity index (χ1) is 26.3. The molecule has 304 valence electrons. The molecule has 2 aliphatic rings. The second-order valence-corrected chi connectivity index (χ2v) is 14.0. The molecule has 6 N–H and O–H groups in total. The molecule has 57 heavy (non-hydrogen) atoms. The van der Waals surface area contributed by atoms with Gasteiger partial charge in [0.05, 0.1) is 0 Å². The SMILES string of the molecule is CNC(=O)Oc1ccc2c(c1)c1c(n2C)C(NCCc2ccccc2)CC1.CNC(=O)Oc1ccc2c(c1)c1c(n2C)C(NCCc2ccccc2)CC1.Cl.Cl.O. The van der Waals surface area contributed by atoms with Crippen LogP contribution >= 0.6 is 24.8 Å². The molecule has 2 amide bonds. The van der Waals surface area contributed by atoms with Crippen molar-refractivity contribution in [3.05, 3.63) is 131 Å². The fourth-order valence-corrected chi connectivity index (χ4v) is 8.21. The lowest BCUT2D eigenvalue weighted by atomic mass is 10.1. The molecule has 2 heterocycles. The molecule has 0 saturated heterocycles. The van der Waals surface area contributed by atoms with Crippen molar-refractivity contribution in [2.75, 3.05) is 27.2 Å². The number of nitrogens with one attached hydrogen (secondary N) is 4. The Bertz CT molecular complexity index is 2100. The van der Waals surface area contributed by atoms with Crippen LogP contribution in [0.2, 0.25) is 0 Å². The third-order valence-electron chi connectivity index (χ3n) is 10.8. The highest BCUT2D eigenvalue weighted by Crippen LogP contribution is 2.41. The van der Waals surface area contributed by atoms with Crippen molar-refractivity contribution in [2.24, 2.45) is 14.1 Å². The number of ether oxygens (including phenoxy) is 2. The van der Waals surface area contributed by atoms with Crippen LogP contribution in [0.1, 0.15) is 58.6 Å². The third-order valence-corrected chi connectivity index (χ3v) is 10.8. The Kier molecular flexibility index (Phi) is 16.0. The van der Waals surface area contributed by atoms with Gasteiger partial charge in [-0.2, -0.15) is 0 Å². The van der Waals surface area contributed by atoms with Crippen LogP contribution in [0.15, 0.2) is 97.1 Å². The lowest BCUT2D eigenvalue weighted by Gasteiger charge is -2.15. The fraction of sp³-hybridized carbons (Fsp3) is 0.318. The molecule has 13 heteroatoms. The first-order valence-electron chi connectivity index (χ1n) is 18.9. The Balaban J connectivity index is 0.000000240. The normalized spacial score (nSPS) is 14.9. The van der Waals surface area contributed by atoms with Gasteiger partial charge in [0.25, 0.3) is 0 Å². The highest BCUT2D eigenvalue weighted by molar-refractivity contribution is 5.89. The third kappa shape index (κ3) is 9.92. The largest absolute Gasteiger partial charge is 0.412 e. The van der Waals surface area contributed by atoms with Gasteiger partial charge in [0.2, 0.25) is 0 Å². The molecule has 0 fully saturated rings. The van der Waals surface area contributed by atoms with E-state index in [2.05, 4.69) is 105 Å². The number of amides is 2. The monoisotopic (exact) mass is 816 g/mol. The van der Waals surface area contributed by atoms with Gasteiger partial charge in [0.15, 0.2) is 0 Å². The van der Waals surface area contributed by atoms with E-state index in [4.69, 9.17) is 9.47 Å². The van der Waals surface area contributed by atoms with Gasteiger partial charge in [-0.25, -0.2) is 9.59 Å². The Morgan fingerprint density at radius 3 is 1.37 bits per heavy atom. The summed E-state index contributed by atoms with van der Waals surface area (Å²) in [5.74, 6) is 1.16. The van der Waals surface area contributed by atoms with Gasteiger partial charge in [0, 0.05) is 73.5 Å². The maximum absolute atomic E-state index is 11.5. The van der Waals surface area contributed by atoms with Gasteiger partial charge in [-0.05, 0) is 110 Å². The van der Waals surface area contributed by atoms with E-state index in [9.17, 15) is 9.59 Å². The van der Waals surface area contributed by atoms with Crippen molar-refractivity contribution in [2.45, 2.75) is 50.6 Å². The molecule has 11 nitrogen and oxygen atoms in total. The van der Waals surface area contributed by atoms with Crippen LogP contribution in [-0.4, -0.2) is 54.0 Å². The summed E-state index contributed by atoms with van der Waals surface area (Å²) >= 11 is 0. The standard InChI is InChI=1S/2C22H25N3O2.2ClH.H2O/c2*1-23-22(26)27-16-8-11-20-18(14-16)17-9-10-19(21(17)25(20)2)24-13-12-15-6-4-3-5-7-15;;;/h2*3-8,11,14,19,24H,9-10,12-13H2,1-2H3,(H,23,26);2*1H;1H2. The molecule has 6 aromatic rings. The summed E-state index contributed by atoms with van der Waals surface area (Å²) in [4.78, 5) is 23.0. The van der Waals surface area contributed by atoms with E-state index >= 15 is 0 Å². The molecule has 2 aromatic heterocycles. The Hall–Kier alpha value is -5.04. The summed E-state index contributed by atoms with van der Waals surface area (Å²) in [5.41, 5.74) is 10.5. The minimum absolute atomic E-state index is 0. The Labute approximate surface area is 346 Å². The van der Waals surface area contributed by atoms with Crippen molar-refractivity contribution in [3.8, 4) is 11.5 Å². The lowest BCUT2D eigenvalue weighted by molar-refractivity contribution is 0.202. The van der Waals surface area contributed by atoms with Crippen molar-refractivity contribution in [1.82, 2.24) is 30.4 Å². The van der Waals surface area contributed by atoms with Crippen molar-refractivity contribution < 1.29 is 24.5 Å². The molecular weight excluding hydrogens is 763 g/mol. The number of carbonyl (C=O) groups is 2. The van der Waals surface area contributed by atoms with Gasteiger partial charge in [-0.15, -0.1) is 24.8 Å². The topological polar surface area (TPSA) is 142 Å². The number of aryl methyl sites for hydroxylation is 4. The van der Waals surface area contributed by atoms with E-state index in [0.29, 0.717) is 23.6 Å². The summed E-state index contributed by atoms with van der Waals surface area (Å²) in [5, 5.41) is 14.8. The van der Waals surface area contributed by atoms with E-state index in [0.717, 1.165) is 51.6 Å². The van der Waals surface area contributed by atoms with E-state index in [-0.39, 0.29) is 30.3 Å². The van der Waals surface area contributed by atoms with Crippen LogP contribution in [0.3, 0.4) is 0 Å². The fourth-order valence-electron chi connectivity index (χ4n) is 8.21. The van der Waals surface area contributed by atoms with Gasteiger partial charge in [0.1, 0.15) is 11.5 Å². The number of carbonyl (C=O) groups excluding carboxylic acids is 2. The second-order valence-electron chi connectivity index (χ2n) is 14.0. The highest BCUT2D eigenvalue weighted by Gasteiger charge is 2.30. The molecule has 0 bridgehead atoms. The molecule has 0 aliphatic heterocycles. The van der Waals surface area contributed by atoms with Crippen LogP contribution in [0.5, 0.6) is 11.5 Å². The van der Waals surface area contributed by atoms with Gasteiger partial charge >= 0.3 is 12.2 Å². The molecule has 0 saturated carbocycles. The predicted molar refractivity (Wildman–Crippen MR) is 233 cm³/mol. The Morgan fingerprint density at radius 2 is 1.00 bits per heavy atom. The van der Waals surface area contributed by atoms with Crippen LogP contribution in [0, 0.1) is 0 Å². The summed E-state index contributed by atoms with van der Waals surface area (Å²) in [7, 11) is 7.37. The molecule has 2 atom stereocenters. The van der Waals surface area contributed by atoms with E-state index in [1.807, 2.05) is 36.4 Å². The summed E-state index contributed by atoms with van der Waals surface area (Å²) < 4.78 is 15.2. The van der Waals surface area contributed by atoms with Crippen LogP contribution in [0.4, 0.5) is 9.59 Å². The number of aromatic nitrogens is 2. The molecule has 0 spiro atoms. The maximum Gasteiger partial charge on any atom is 0.412 e. The number of rotatable bonds is 10. The summed E-state index contributed by atoms with van der Waals surface area (Å²) in [6, 6.07) is 33.6. The number of nitrogens with zero attached hydrogens (tertiary/aromatic N) is 2. The van der Waals surface area contributed by atoms with E-state index < -0.39 is 12.2 Å². The smallest absolute Gasteiger partial charge is 0.412 e. The van der Waals surface area contributed by atoms with Crippen LogP contribution < -0.4 is 30.7 Å². The molecule has 2 unspecified atom stereocenters. The molecular formula is C44H54Cl2N6O5. The number of hydrogen-bond donors (Lipinski definition) is 4. The number of halogens is 2. The van der Waals surface area contributed by atoms with E-state index in [1.54, 1.807) is 14.1 Å². The zero-order valence-electron chi connectivity index (χ0n) is 32.9. The minimum atomic E-state index is -0.442. The number of fused-ring (bicyclic) bond motifs is 6. The second kappa shape index (κ2) is 20.4. The zero-order chi connectivity index (χ0) is 37.6. The molecule has 2 aliphatic carbocycles. The van der Waals surface area contributed by atoms with Crippen LogP contribution in [0.25, 0.3) is 21.8 Å². The van der Waals surface area contributed by atoms with Crippen molar-refractivity contribution in [1.29, 1.82) is 0 Å². The van der Waals surface area contributed by atoms with E-state index in [1.165, 1.54) is 55.4 Å². The van der Waals surface area contributed by atoms with Crippen molar-refractivity contribution >= 4 is 58.8 Å². The molecule has 8 rings (SSSR count). The molecule has 0 radical (unpaired) electrons. The Morgan fingerprint density at radius 1 is 0.614 bits per heavy atom. The molecule has 4 aromatic carbocycles. The summed E-state index contributed by atoms with van der Waals surface area (Å²) in [6.45, 7) is 1.92. The predicted octanol–water partition coefficient (Wildman–Crippen LogP) is 7.45. The van der Waals surface area contributed by atoms with Gasteiger partial charge < -0.3 is 45.4 Å². The van der Waals surface area contributed by atoms with Gasteiger partial charge in [-0.1, -0.05) is 60.7 Å². The first kappa shape index (κ1) is 44.7. The average molecular weight is 818 g/mol. The number of hydrogen-bond acceptors (Lipinski definition) is 6. The van der Waals surface area contributed by atoms with Crippen LogP contribution in [-0.2, 0) is 39.8 Å². The first-order valence-corrected chi connectivity index (χ1v) is 18.9. The van der Waals surface area contributed by atoms with Gasteiger partial charge in [-0.3, -0.25) is 0 Å². The highest BCUT2D eigenvalue weighted by atomic mass is 35.5. The summed E-state index contributed by atoms with van der Waals surface area (Å²) in [6.07, 6.45) is 5.46.